The molecule has 158 valence electrons. The van der Waals surface area contributed by atoms with Crippen LogP contribution in [0.25, 0.3) is 5.69 Å². The lowest BCUT2D eigenvalue weighted by Crippen LogP contribution is -2.42. The standard InChI is InChI=1S/C23H21BrN4O3/c1-14-12-18(15(2)28(14)17-9-7-16(24)8-10-17)19(29)13-27-21(30)23(3,26-22(27)31)20-6-4-5-11-25-20/h4-12H,13H2,1-3H3,(H,26,31). The number of aromatic nitrogens is 2. The number of amides is 3. The molecule has 8 heteroatoms. The van der Waals surface area contributed by atoms with Crippen molar-refractivity contribution in [2.75, 3.05) is 6.54 Å². The molecule has 3 heterocycles. The van der Waals surface area contributed by atoms with E-state index in [2.05, 4.69) is 26.2 Å². The van der Waals surface area contributed by atoms with Gasteiger partial charge in [-0.25, -0.2) is 4.79 Å². The average molecular weight is 481 g/mol. The minimum atomic E-state index is -1.30. The van der Waals surface area contributed by atoms with Crippen molar-refractivity contribution in [2.45, 2.75) is 26.3 Å². The van der Waals surface area contributed by atoms with Gasteiger partial charge in [0.2, 0.25) is 0 Å². The summed E-state index contributed by atoms with van der Waals surface area (Å²) in [5.74, 6) is -0.795. The summed E-state index contributed by atoms with van der Waals surface area (Å²) in [7, 11) is 0. The van der Waals surface area contributed by atoms with Gasteiger partial charge >= 0.3 is 6.03 Å². The third kappa shape index (κ3) is 3.57. The number of urea groups is 1. The molecule has 1 unspecified atom stereocenters. The van der Waals surface area contributed by atoms with Crippen molar-refractivity contribution in [3.05, 3.63) is 81.8 Å². The summed E-state index contributed by atoms with van der Waals surface area (Å²) in [5.41, 5.74) is 2.18. The topological polar surface area (TPSA) is 84.3 Å². The molecular formula is C23H21BrN4O3. The Bertz CT molecular complexity index is 1190. The summed E-state index contributed by atoms with van der Waals surface area (Å²) in [4.78, 5) is 43.9. The van der Waals surface area contributed by atoms with Gasteiger partial charge in [-0.15, -0.1) is 0 Å². The van der Waals surface area contributed by atoms with E-state index in [0.717, 1.165) is 26.4 Å². The van der Waals surface area contributed by atoms with Crippen molar-refractivity contribution in [3.63, 3.8) is 0 Å². The Balaban J connectivity index is 1.60. The Morgan fingerprint density at radius 1 is 1.13 bits per heavy atom. The van der Waals surface area contributed by atoms with Gasteiger partial charge in [0, 0.05) is 33.3 Å². The summed E-state index contributed by atoms with van der Waals surface area (Å²) in [6, 6.07) is 14.1. The maximum Gasteiger partial charge on any atom is 0.325 e. The Morgan fingerprint density at radius 2 is 1.84 bits per heavy atom. The first-order valence-corrected chi connectivity index (χ1v) is 10.6. The van der Waals surface area contributed by atoms with Crippen molar-refractivity contribution in [1.29, 1.82) is 0 Å². The summed E-state index contributed by atoms with van der Waals surface area (Å²) < 4.78 is 2.94. The minimum Gasteiger partial charge on any atom is -0.318 e. The summed E-state index contributed by atoms with van der Waals surface area (Å²) in [6.07, 6.45) is 1.56. The molecule has 0 bridgehead atoms. The van der Waals surface area contributed by atoms with Crippen molar-refractivity contribution in [1.82, 2.24) is 19.8 Å². The third-order valence-electron chi connectivity index (χ3n) is 5.57. The highest BCUT2D eigenvalue weighted by atomic mass is 79.9. The maximum absolute atomic E-state index is 13.1. The quantitative estimate of drug-likeness (QED) is 0.443. The summed E-state index contributed by atoms with van der Waals surface area (Å²) in [5, 5.41) is 2.68. The van der Waals surface area contributed by atoms with E-state index < -0.39 is 17.5 Å². The monoisotopic (exact) mass is 480 g/mol. The molecule has 1 aliphatic rings. The Labute approximate surface area is 188 Å². The maximum atomic E-state index is 13.1. The van der Waals surface area contributed by atoms with Crippen LogP contribution in [0.3, 0.4) is 0 Å². The van der Waals surface area contributed by atoms with E-state index in [0.29, 0.717) is 11.3 Å². The largest absolute Gasteiger partial charge is 0.325 e. The number of pyridine rings is 1. The highest BCUT2D eigenvalue weighted by molar-refractivity contribution is 9.10. The van der Waals surface area contributed by atoms with Crippen LogP contribution in [0.15, 0.2) is 59.2 Å². The predicted octanol–water partition coefficient (Wildman–Crippen LogP) is 3.90. The number of hydrogen-bond donors (Lipinski definition) is 1. The van der Waals surface area contributed by atoms with E-state index in [4.69, 9.17) is 0 Å². The van der Waals surface area contributed by atoms with Crippen molar-refractivity contribution in [3.8, 4) is 5.69 Å². The number of aryl methyl sites for hydroxylation is 1. The van der Waals surface area contributed by atoms with Crippen molar-refractivity contribution >= 4 is 33.7 Å². The highest BCUT2D eigenvalue weighted by Gasteiger charge is 2.50. The van der Waals surface area contributed by atoms with Crippen LogP contribution in [-0.2, 0) is 10.3 Å². The molecule has 0 saturated carbocycles. The van der Waals surface area contributed by atoms with E-state index in [1.54, 1.807) is 37.4 Å². The van der Waals surface area contributed by atoms with Crippen LogP contribution < -0.4 is 5.32 Å². The second kappa shape index (κ2) is 7.77. The van der Waals surface area contributed by atoms with Crippen LogP contribution in [0, 0.1) is 13.8 Å². The molecular weight excluding hydrogens is 460 g/mol. The van der Waals surface area contributed by atoms with Crippen LogP contribution in [-0.4, -0.2) is 38.7 Å². The lowest BCUT2D eigenvalue weighted by molar-refractivity contribution is -0.130. The fourth-order valence-electron chi connectivity index (χ4n) is 3.93. The smallest absolute Gasteiger partial charge is 0.318 e. The molecule has 1 aliphatic heterocycles. The molecule has 0 spiro atoms. The number of hydrogen-bond acceptors (Lipinski definition) is 4. The second-order valence-corrected chi connectivity index (χ2v) is 8.60. The number of Topliss-reactive ketones (excluding diaryl/α,β-unsaturated/α-hetero) is 1. The normalized spacial score (nSPS) is 18.4. The lowest BCUT2D eigenvalue weighted by atomic mass is 9.97. The lowest BCUT2D eigenvalue weighted by Gasteiger charge is -2.20. The van der Waals surface area contributed by atoms with Crippen molar-refractivity contribution in [2.24, 2.45) is 0 Å². The molecule has 7 nitrogen and oxygen atoms in total. The number of halogens is 1. The molecule has 31 heavy (non-hydrogen) atoms. The summed E-state index contributed by atoms with van der Waals surface area (Å²) in [6.45, 7) is 5.03. The summed E-state index contributed by atoms with van der Waals surface area (Å²) >= 11 is 3.43. The zero-order valence-corrected chi connectivity index (χ0v) is 18.9. The van der Waals surface area contributed by atoms with Gasteiger partial charge in [-0.3, -0.25) is 19.5 Å². The minimum absolute atomic E-state index is 0.301. The van der Waals surface area contributed by atoms with E-state index in [-0.39, 0.29) is 12.3 Å². The molecule has 3 aromatic rings. The second-order valence-electron chi connectivity index (χ2n) is 7.68. The van der Waals surface area contributed by atoms with Gasteiger partial charge < -0.3 is 9.88 Å². The van der Waals surface area contributed by atoms with Gasteiger partial charge in [0.1, 0.15) is 0 Å². The van der Waals surface area contributed by atoms with E-state index in [9.17, 15) is 14.4 Å². The number of carbonyl (C=O) groups is 3. The van der Waals surface area contributed by atoms with Gasteiger partial charge in [0.05, 0.1) is 12.2 Å². The first kappa shape index (κ1) is 21.0. The fraction of sp³-hybridized carbons (Fsp3) is 0.217. The zero-order valence-electron chi connectivity index (χ0n) is 17.3. The van der Waals surface area contributed by atoms with Crippen LogP contribution >= 0.6 is 15.9 Å². The van der Waals surface area contributed by atoms with Gasteiger partial charge in [-0.05, 0) is 63.2 Å². The van der Waals surface area contributed by atoms with E-state index >= 15 is 0 Å². The van der Waals surface area contributed by atoms with Gasteiger partial charge in [0.15, 0.2) is 11.3 Å². The fourth-order valence-corrected chi connectivity index (χ4v) is 4.20. The molecule has 1 aromatic carbocycles. The van der Waals surface area contributed by atoms with Gasteiger partial charge in [-0.1, -0.05) is 22.0 Å². The van der Waals surface area contributed by atoms with Crippen molar-refractivity contribution < 1.29 is 14.4 Å². The molecule has 1 fully saturated rings. The van der Waals surface area contributed by atoms with E-state index in [1.165, 1.54) is 0 Å². The zero-order chi connectivity index (χ0) is 22.3. The van der Waals surface area contributed by atoms with Gasteiger partial charge in [0.25, 0.3) is 5.91 Å². The number of carbonyl (C=O) groups excluding carboxylic acids is 3. The molecule has 0 radical (unpaired) electrons. The Hall–Kier alpha value is -3.26. The van der Waals surface area contributed by atoms with Crippen LogP contribution in [0.2, 0.25) is 0 Å². The number of rotatable bonds is 5. The number of ketones is 1. The Kier molecular flexibility index (Phi) is 5.26. The number of imide groups is 1. The predicted molar refractivity (Wildman–Crippen MR) is 119 cm³/mol. The SMILES string of the molecule is Cc1cc(C(=O)CN2C(=O)NC(C)(c3ccccn3)C2=O)c(C)n1-c1ccc(Br)cc1. The van der Waals surface area contributed by atoms with Gasteiger partial charge in [-0.2, -0.15) is 0 Å². The first-order valence-electron chi connectivity index (χ1n) is 9.76. The van der Waals surface area contributed by atoms with Crippen LogP contribution in [0.4, 0.5) is 4.79 Å². The third-order valence-corrected chi connectivity index (χ3v) is 6.10. The Morgan fingerprint density at radius 3 is 2.48 bits per heavy atom. The van der Waals surface area contributed by atoms with Crippen LogP contribution in [0.1, 0.15) is 34.4 Å². The molecule has 0 aliphatic carbocycles. The van der Waals surface area contributed by atoms with E-state index in [1.807, 2.05) is 42.7 Å². The molecule has 2 aromatic heterocycles. The van der Waals surface area contributed by atoms with Crippen LogP contribution in [0.5, 0.6) is 0 Å². The molecule has 1 saturated heterocycles. The first-order chi connectivity index (χ1) is 14.7. The molecule has 1 N–H and O–H groups in total. The number of benzene rings is 1. The number of nitrogens with zero attached hydrogens (tertiary/aromatic N) is 3. The highest BCUT2D eigenvalue weighted by Crippen LogP contribution is 2.28. The average Bonchev–Trinajstić information content (AvgIpc) is 3.17. The molecule has 1 atom stereocenters. The number of nitrogens with one attached hydrogen (secondary N) is 1. The molecule has 4 rings (SSSR count). The molecule has 3 amide bonds.